The van der Waals surface area contributed by atoms with E-state index in [9.17, 15) is 18.5 Å². The molecule has 3 rings (SSSR count). The largest absolute Gasteiger partial charge is 0.269 e. The zero-order chi connectivity index (χ0) is 20.0. The molecule has 0 heterocycles. The van der Waals surface area contributed by atoms with Gasteiger partial charge in [-0.3, -0.25) is 10.1 Å². The van der Waals surface area contributed by atoms with Gasteiger partial charge in [0.25, 0.3) is 5.69 Å². The third kappa shape index (κ3) is 5.73. The van der Waals surface area contributed by atoms with Crippen LogP contribution in [0.2, 0.25) is 0 Å². The number of benzene rings is 3. The van der Waals surface area contributed by atoms with Gasteiger partial charge < -0.3 is 0 Å². The van der Waals surface area contributed by atoms with Gasteiger partial charge in [0.05, 0.1) is 10.7 Å². The maximum Gasteiger partial charge on any atom is 0.269 e. The summed E-state index contributed by atoms with van der Waals surface area (Å²) in [6, 6.07) is 23.1. The molecular weight excluding hydrogens is 376 g/mol. The first kappa shape index (κ1) is 19.7. The van der Waals surface area contributed by atoms with Crippen molar-refractivity contribution >= 4 is 15.7 Å². The van der Waals surface area contributed by atoms with E-state index in [1.54, 1.807) is 24.3 Å². The summed E-state index contributed by atoms with van der Waals surface area (Å²) in [6.07, 6.45) is 0.622. The summed E-state index contributed by atoms with van der Waals surface area (Å²) < 4.78 is 27.1. The highest BCUT2D eigenvalue weighted by Crippen LogP contribution is 2.16. The number of hydrogen-bond acceptors (Lipinski definition) is 4. The minimum atomic E-state index is -3.43. The Kier molecular flexibility index (Phi) is 6.18. The Morgan fingerprint density at radius 3 is 1.86 bits per heavy atom. The first-order chi connectivity index (χ1) is 13.4. The molecule has 7 heteroatoms. The van der Waals surface area contributed by atoms with Crippen LogP contribution in [0.3, 0.4) is 0 Å². The molecule has 3 aromatic rings. The van der Waals surface area contributed by atoms with Crippen LogP contribution in [0.15, 0.2) is 78.9 Å². The molecule has 3 aromatic carbocycles. The SMILES string of the molecule is O=[N+]([O-])c1ccc(Cc2ccc(CS(=O)(=O)NCc3ccccc3)cc2)cc1. The summed E-state index contributed by atoms with van der Waals surface area (Å²) in [5, 5.41) is 10.7. The van der Waals surface area contributed by atoms with Crippen LogP contribution in [0.25, 0.3) is 0 Å². The van der Waals surface area contributed by atoms with Crippen LogP contribution in [0.4, 0.5) is 5.69 Å². The van der Waals surface area contributed by atoms with Gasteiger partial charge in [-0.05, 0) is 28.7 Å². The Hall–Kier alpha value is -3.03. The lowest BCUT2D eigenvalue weighted by Crippen LogP contribution is -2.24. The van der Waals surface area contributed by atoms with E-state index in [4.69, 9.17) is 0 Å². The number of nitro groups is 1. The van der Waals surface area contributed by atoms with E-state index in [1.807, 2.05) is 42.5 Å². The van der Waals surface area contributed by atoms with Crippen LogP contribution in [0.5, 0.6) is 0 Å². The summed E-state index contributed by atoms with van der Waals surface area (Å²) in [5.74, 6) is -0.0857. The summed E-state index contributed by atoms with van der Waals surface area (Å²) in [4.78, 5) is 10.3. The van der Waals surface area contributed by atoms with Crippen molar-refractivity contribution in [3.63, 3.8) is 0 Å². The van der Waals surface area contributed by atoms with Crippen molar-refractivity contribution in [3.05, 3.63) is 111 Å². The van der Waals surface area contributed by atoms with Crippen LogP contribution >= 0.6 is 0 Å². The minimum Gasteiger partial charge on any atom is -0.258 e. The molecule has 0 bridgehead atoms. The highest BCUT2D eigenvalue weighted by atomic mass is 32.2. The van der Waals surface area contributed by atoms with E-state index in [0.717, 1.165) is 16.7 Å². The van der Waals surface area contributed by atoms with Crippen molar-refractivity contribution in [1.82, 2.24) is 4.72 Å². The Morgan fingerprint density at radius 2 is 1.29 bits per heavy atom. The molecule has 0 atom stereocenters. The van der Waals surface area contributed by atoms with E-state index in [-0.39, 0.29) is 18.0 Å². The highest BCUT2D eigenvalue weighted by Gasteiger charge is 2.11. The summed E-state index contributed by atoms with van der Waals surface area (Å²) >= 11 is 0. The van der Waals surface area contributed by atoms with Gasteiger partial charge in [0.15, 0.2) is 0 Å². The molecule has 144 valence electrons. The molecule has 6 nitrogen and oxygen atoms in total. The van der Waals surface area contributed by atoms with Crippen LogP contribution in [-0.4, -0.2) is 13.3 Å². The molecule has 0 spiro atoms. The zero-order valence-corrected chi connectivity index (χ0v) is 15.9. The number of non-ortho nitro benzene ring substituents is 1. The molecule has 0 aliphatic rings. The van der Waals surface area contributed by atoms with Gasteiger partial charge in [0.2, 0.25) is 10.0 Å². The molecule has 0 aliphatic carbocycles. The topological polar surface area (TPSA) is 89.3 Å². The molecule has 28 heavy (non-hydrogen) atoms. The second-order valence-corrected chi connectivity index (χ2v) is 8.29. The van der Waals surface area contributed by atoms with Crippen molar-refractivity contribution in [2.45, 2.75) is 18.7 Å². The number of sulfonamides is 1. The van der Waals surface area contributed by atoms with Crippen LogP contribution in [0, 0.1) is 10.1 Å². The van der Waals surface area contributed by atoms with E-state index in [0.29, 0.717) is 12.0 Å². The first-order valence-electron chi connectivity index (χ1n) is 8.74. The molecule has 0 aliphatic heterocycles. The van der Waals surface area contributed by atoms with Crippen molar-refractivity contribution < 1.29 is 13.3 Å². The van der Waals surface area contributed by atoms with Gasteiger partial charge in [-0.1, -0.05) is 66.7 Å². The fraction of sp³-hybridized carbons (Fsp3) is 0.143. The minimum absolute atomic E-state index is 0.0623. The second-order valence-electron chi connectivity index (χ2n) is 6.48. The van der Waals surface area contributed by atoms with Gasteiger partial charge in [0, 0.05) is 18.7 Å². The Morgan fingerprint density at radius 1 is 0.750 bits per heavy atom. The lowest BCUT2D eigenvalue weighted by molar-refractivity contribution is -0.384. The molecule has 1 N–H and O–H groups in total. The molecular formula is C21H20N2O4S. The molecule has 0 amide bonds. The molecule has 0 saturated carbocycles. The van der Waals surface area contributed by atoms with E-state index in [2.05, 4.69) is 4.72 Å². The Balaban J connectivity index is 1.58. The average Bonchev–Trinajstić information content (AvgIpc) is 2.69. The number of nitrogens with zero attached hydrogens (tertiary/aromatic N) is 1. The number of nitrogens with one attached hydrogen (secondary N) is 1. The van der Waals surface area contributed by atoms with Gasteiger partial charge in [-0.2, -0.15) is 0 Å². The van der Waals surface area contributed by atoms with Crippen LogP contribution in [-0.2, 0) is 28.7 Å². The molecule has 0 fully saturated rings. The number of rotatable bonds is 8. The van der Waals surface area contributed by atoms with Gasteiger partial charge >= 0.3 is 0 Å². The predicted octanol–water partition coefficient (Wildman–Crippen LogP) is 3.81. The maximum atomic E-state index is 12.3. The number of hydrogen-bond donors (Lipinski definition) is 1. The van der Waals surface area contributed by atoms with Gasteiger partial charge in [-0.15, -0.1) is 0 Å². The predicted molar refractivity (Wildman–Crippen MR) is 108 cm³/mol. The lowest BCUT2D eigenvalue weighted by Gasteiger charge is -2.08. The van der Waals surface area contributed by atoms with Gasteiger partial charge in [0.1, 0.15) is 0 Å². The Bertz CT molecular complexity index is 1030. The summed E-state index contributed by atoms with van der Waals surface area (Å²) in [6.45, 7) is 0.265. The summed E-state index contributed by atoms with van der Waals surface area (Å²) in [7, 11) is -3.43. The van der Waals surface area contributed by atoms with Crippen molar-refractivity contribution in [1.29, 1.82) is 0 Å². The highest BCUT2D eigenvalue weighted by molar-refractivity contribution is 7.88. The standard InChI is InChI=1S/C21H20N2O4S/c24-23(25)21-12-10-18(11-13-21)14-17-6-8-20(9-7-17)16-28(26,27)22-15-19-4-2-1-3-5-19/h1-13,22H,14-16H2. The van der Waals surface area contributed by atoms with Crippen molar-refractivity contribution in [3.8, 4) is 0 Å². The smallest absolute Gasteiger partial charge is 0.258 e. The third-order valence-electron chi connectivity index (χ3n) is 4.27. The maximum absolute atomic E-state index is 12.3. The molecule has 0 aromatic heterocycles. The zero-order valence-electron chi connectivity index (χ0n) is 15.1. The quantitative estimate of drug-likeness (QED) is 0.463. The van der Waals surface area contributed by atoms with Crippen LogP contribution < -0.4 is 4.72 Å². The monoisotopic (exact) mass is 396 g/mol. The summed E-state index contributed by atoms with van der Waals surface area (Å²) in [5.41, 5.74) is 3.63. The van der Waals surface area contributed by atoms with E-state index >= 15 is 0 Å². The van der Waals surface area contributed by atoms with E-state index < -0.39 is 14.9 Å². The molecule has 0 saturated heterocycles. The normalized spacial score (nSPS) is 11.3. The average molecular weight is 396 g/mol. The van der Waals surface area contributed by atoms with Crippen molar-refractivity contribution in [2.24, 2.45) is 0 Å². The fourth-order valence-corrected chi connectivity index (χ4v) is 3.90. The first-order valence-corrected chi connectivity index (χ1v) is 10.4. The van der Waals surface area contributed by atoms with Crippen LogP contribution in [0.1, 0.15) is 22.3 Å². The van der Waals surface area contributed by atoms with E-state index in [1.165, 1.54) is 12.1 Å². The Labute approximate surface area is 164 Å². The number of nitro benzene ring substituents is 1. The molecule has 0 unspecified atom stereocenters. The van der Waals surface area contributed by atoms with Gasteiger partial charge in [-0.25, -0.2) is 13.1 Å². The fourth-order valence-electron chi connectivity index (χ4n) is 2.78. The second kappa shape index (κ2) is 8.77. The molecule has 0 radical (unpaired) electrons. The lowest BCUT2D eigenvalue weighted by atomic mass is 10.0. The van der Waals surface area contributed by atoms with Crippen molar-refractivity contribution in [2.75, 3.05) is 0 Å². The third-order valence-corrected chi connectivity index (χ3v) is 5.57.